The smallest absolute Gasteiger partial charge is 0.137 e. The van der Waals surface area contributed by atoms with Gasteiger partial charge in [-0.25, -0.2) is 4.98 Å². The summed E-state index contributed by atoms with van der Waals surface area (Å²) in [7, 11) is 1.67. The van der Waals surface area contributed by atoms with Gasteiger partial charge in [0.25, 0.3) is 0 Å². The lowest BCUT2D eigenvalue weighted by atomic mass is 10.2. The summed E-state index contributed by atoms with van der Waals surface area (Å²) in [5.41, 5.74) is 2.14. The van der Waals surface area contributed by atoms with Gasteiger partial charge in [-0.05, 0) is 24.3 Å². The molecule has 0 aliphatic carbocycles. The van der Waals surface area contributed by atoms with Gasteiger partial charge in [0.2, 0.25) is 0 Å². The second-order valence-electron chi connectivity index (χ2n) is 4.86. The minimum absolute atomic E-state index is 0.815. The molecule has 106 valence electrons. The van der Waals surface area contributed by atoms with Crippen molar-refractivity contribution in [3.8, 4) is 17.1 Å². The van der Waals surface area contributed by atoms with Crippen molar-refractivity contribution in [2.45, 2.75) is 6.54 Å². The van der Waals surface area contributed by atoms with E-state index in [4.69, 9.17) is 9.47 Å². The van der Waals surface area contributed by atoms with E-state index in [2.05, 4.69) is 14.9 Å². The third kappa shape index (κ3) is 3.00. The van der Waals surface area contributed by atoms with E-state index in [0.29, 0.717) is 0 Å². The molecule has 2 aromatic rings. The molecule has 0 atom stereocenters. The predicted molar refractivity (Wildman–Crippen MR) is 76.7 cm³/mol. The quantitative estimate of drug-likeness (QED) is 0.924. The first kappa shape index (κ1) is 13.1. The Kier molecular flexibility index (Phi) is 3.99. The molecule has 0 saturated carbocycles. The van der Waals surface area contributed by atoms with E-state index in [1.54, 1.807) is 7.11 Å². The highest BCUT2D eigenvalue weighted by Gasteiger charge is 2.12. The molecule has 1 aliphatic rings. The number of aromatic nitrogens is 2. The molecule has 0 unspecified atom stereocenters. The third-order valence-corrected chi connectivity index (χ3v) is 3.48. The highest BCUT2D eigenvalue weighted by Crippen LogP contribution is 2.20. The minimum atomic E-state index is 0.815. The molecule has 1 saturated heterocycles. The average Bonchev–Trinajstić information content (AvgIpc) is 2.97. The van der Waals surface area contributed by atoms with Gasteiger partial charge in [0.1, 0.15) is 11.6 Å². The summed E-state index contributed by atoms with van der Waals surface area (Å²) in [6, 6.07) is 7.91. The van der Waals surface area contributed by atoms with E-state index in [0.717, 1.165) is 55.7 Å². The van der Waals surface area contributed by atoms with Crippen molar-refractivity contribution in [2.75, 3.05) is 33.4 Å². The Labute approximate surface area is 118 Å². The Hall–Kier alpha value is -1.85. The average molecular weight is 273 g/mol. The maximum Gasteiger partial charge on any atom is 0.137 e. The van der Waals surface area contributed by atoms with Crippen LogP contribution in [0.4, 0.5) is 0 Å². The van der Waals surface area contributed by atoms with Gasteiger partial charge in [0.05, 0.1) is 26.0 Å². The molecule has 20 heavy (non-hydrogen) atoms. The largest absolute Gasteiger partial charge is 0.497 e. The van der Waals surface area contributed by atoms with Crippen LogP contribution in [0.25, 0.3) is 11.4 Å². The molecule has 0 amide bonds. The van der Waals surface area contributed by atoms with Crippen LogP contribution < -0.4 is 4.74 Å². The van der Waals surface area contributed by atoms with E-state index in [9.17, 15) is 0 Å². The molecular weight excluding hydrogens is 254 g/mol. The van der Waals surface area contributed by atoms with Crippen LogP contribution in [0, 0.1) is 0 Å². The van der Waals surface area contributed by atoms with Gasteiger partial charge in [0, 0.05) is 31.4 Å². The summed E-state index contributed by atoms with van der Waals surface area (Å²) in [5.74, 6) is 1.75. The second-order valence-corrected chi connectivity index (χ2v) is 4.86. The van der Waals surface area contributed by atoms with Crippen LogP contribution in [-0.2, 0) is 11.3 Å². The minimum Gasteiger partial charge on any atom is -0.497 e. The lowest BCUT2D eigenvalue weighted by Crippen LogP contribution is -2.35. The topological polar surface area (TPSA) is 50.4 Å². The van der Waals surface area contributed by atoms with E-state index in [-0.39, 0.29) is 0 Å². The molecule has 3 rings (SSSR count). The van der Waals surface area contributed by atoms with Crippen LogP contribution >= 0.6 is 0 Å². The number of hydrogen-bond acceptors (Lipinski definition) is 4. The summed E-state index contributed by atoms with van der Waals surface area (Å²) in [6.07, 6.45) is 1.98. The molecule has 1 aromatic heterocycles. The molecule has 1 fully saturated rings. The Morgan fingerprint density at radius 3 is 2.70 bits per heavy atom. The standard InChI is InChI=1S/C15H19N3O2/c1-19-14-4-2-12(3-5-14)15-16-10-13(17-15)11-18-6-8-20-9-7-18/h2-5,10H,6-9,11H2,1H3,(H,16,17). The number of imidazole rings is 1. The summed E-state index contributed by atoms with van der Waals surface area (Å²) in [4.78, 5) is 10.2. The zero-order valence-electron chi connectivity index (χ0n) is 11.6. The van der Waals surface area contributed by atoms with Crippen LogP contribution in [0.2, 0.25) is 0 Å². The zero-order valence-corrected chi connectivity index (χ0v) is 11.6. The molecule has 5 heteroatoms. The van der Waals surface area contributed by atoms with Gasteiger partial charge >= 0.3 is 0 Å². The van der Waals surface area contributed by atoms with Gasteiger partial charge in [-0.15, -0.1) is 0 Å². The van der Waals surface area contributed by atoms with Crippen LogP contribution in [0.5, 0.6) is 5.75 Å². The van der Waals surface area contributed by atoms with E-state index < -0.39 is 0 Å². The Bertz CT molecular complexity index is 545. The highest BCUT2D eigenvalue weighted by molar-refractivity contribution is 5.56. The number of hydrogen-bond donors (Lipinski definition) is 1. The molecule has 2 heterocycles. The van der Waals surface area contributed by atoms with E-state index in [1.807, 2.05) is 30.5 Å². The summed E-state index contributed by atoms with van der Waals surface area (Å²) in [6.45, 7) is 4.46. The molecule has 0 spiro atoms. The molecule has 1 aromatic carbocycles. The maximum atomic E-state index is 5.35. The first-order valence-electron chi connectivity index (χ1n) is 6.84. The molecule has 1 N–H and O–H groups in total. The molecule has 0 bridgehead atoms. The Morgan fingerprint density at radius 1 is 1.25 bits per heavy atom. The molecule has 5 nitrogen and oxygen atoms in total. The lowest BCUT2D eigenvalue weighted by molar-refractivity contribution is 0.0337. The summed E-state index contributed by atoms with van der Waals surface area (Å²) >= 11 is 0. The van der Waals surface area contributed by atoms with Crippen LogP contribution in [0.1, 0.15) is 5.69 Å². The Balaban J connectivity index is 1.68. The number of nitrogens with one attached hydrogen (secondary N) is 1. The zero-order chi connectivity index (χ0) is 13.8. The maximum absolute atomic E-state index is 5.35. The van der Waals surface area contributed by atoms with E-state index in [1.165, 1.54) is 0 Å². The van der Waals surface area contributed by atoms with Gasteiger partial charge in [-0.1, -0.05) is 0 Å². The van der Waals surface area contributed by atoms with Crippen molar-refractivity contribution in [1.82, 2.24) is 14.9 Å². The molecular formula is C15H19N3O2. The normalized spacial score (nSPS) is 16.2. The number of methoxy groups -OCH3 is 1. The number of morpholine rings is 1. The van der Waals surface area contributed by atoms with Crippen molar-refractivity contribution in [2.24, 2.45) is 0 Å². The van der Waals surface area contributed by atoms with Crippen LogP contribution in [0.3, 0.4) is 0 Å². The fraction of sp³-hybridized carbons (Fsp3) is 0.400. The van der Waals surface area contributed by atoms with Crippen molar-refractivity contribution < 1.29 is 9.47 Å². The van der Waals surface area contributed by atoms with Crippen LogP contribution in [-0.4, -0.2) is 48.3 Å². The first-order valence-corrected chi connectivity index (χ1v) is 6.84. The van der Waals surface area contributed by atoms with Crippen molar-refractivity contribution in [1.29, 1.82) is 0 Å². The summed E-state index contributed by atoms with van der Waals surface area (Å²) in [5, 5.41) is 0. The fourth-order valence-corrected chi connectivity index (χ4v) is 2.33. The SMILES string of the molecule is COc1ccc(-c2nc(CN3CCOCC3)c[nH]2)cc1. The fourth-order valence-electron chi connectivity index (χ4n) is 2.33. The first-order chi connectivity index (χ1) is 9.85. The van der Waals surface area contributed by atoms with Crippen molar-refractivity contribution in [3.63, 3.8) is 0 Å². The van der Waals surface area contributed by atoms with Gasteiger partial charge in [-0.3, -0.25) is 4.90 Å². The highest BCUT2D eigenvalue weighted by atomic mass is 16.5. The van der Waals surface area contributed by atoms with E-state index >= 15 is 0 Å². The van der Waals surface area contributed by atoms with Crippen molar-refractivity contribution >= 4 is 0 Å². The number of H-pyrrole nitrogens is 1. The van der Waals surface area contributed by atoms with Gasteiger partial charge < -0.3 is 14.5 Å². The summed E-state index contributed by atoms with van der Waals surface area (Å²) < 4.78 is 10.5. The van der Waals surface area contributed by atoms with Crippen LogP contribution in [0.15, 0.2) is 30.5 Å². The number of nitrogens with zero attached hydrogens (tertiary/aromatic N) is 2. The van der Waals surface area contributed by atoms with Gasteiger partial charge in [-0.2, -0.15) is 0 Å². The molecule has 0 radical (unpaired) electrons. The number of aromatic amines is 1. The predicted octanol–water partition coefficient (Wildman–Crippen LogP) is 1.92. The second kappa shape index (κ2) is 6.07. The lowest BCUT2D eigenvalue weighted by Gasteiger charge is -2.25. The number of benzene rings is 1. The number of ether oxygens (including phenoxy) is 2. The van der Waals surface area contributed by atoms with Gasteiger partial charge in [0.15, 0.2) is 0 Å². The number of rotatable bonds is 4. The monoisotopic (exact) mass is 273 g/mol. The van der Waals surface area contributed by atoms with Crippen molar-refractivity contribution in [3.05, 3.63) is 36.2 Å². The third-order valence-electron chi connectivity index (χ3n) is 3.48. The molecule has 1 aliphatic heterocycles. The Morgan fingerprint density at radius 2 is 2.00 bits per heavy atom.